The van der Waals surface area contributed by atoms with Gasteiger partial charge in [0.2, 0.25) is 23.6 Å². The number of carbonyl (C=O) groups excluding carboxylic acids is 4. The second-order valence-electron chi connectivity index (χ2n) is 8.13. The Bertz CT molecular complexity index is 1160. The van der Waals surface area contributed by atoms with E-state index in [0.29, 0.717) is 5.56 Å². The summed E-state index contributed by atoms with van der Waals surface area (Å²) in [5.74, 6) is -6.47. The van der Waals surface area contributed by atoms with Crippen molar-refractivity contribution in [3.63, 3.8) is 0 Å². The molecular weight excluding hydrogens is 476 g/mol. The van der Waals surface area contributed by atoms with Crippen LogP contribution in [-0.4, -0.2) is 74.9 Å². The van der Waals surface area contributed by atoms with E-state index < -0.39 is 72.6 Å². The first-order valence-electron chi connectivity index (χ1n) is 10.8. The van der Waals surface area contributed by atoms with Gasteiger partial charge in [0.05, 0.1) is 18.9 Å². The number of para-hydroxylation sites is 1. The van der Waals surface area contributed by atoms with Crippen LogP contribution >= 0.6 is 0 Å². The molecule has 0 radical (unpaired) electrons. The third kappa shape index (κ3) is 7.80. The molecule has 4 amide bonds. The Morgan fingerprint density at radius 1 is 0.917 bits per heavy atom. The minimum atomic E-state index is -1.65. The number of carboxylic acids is 2. The molecule has 0 saturated heterocycles. The maximum absolute atomic E-state index is 13.0. The van der Waals surface area contributed by atoms with Crippen LogP contribution in [0, 0.1) is 0 Å². The van der Waals surface area contributed by atoms with Crippen LogP contribution in [0.25, 0.3) is 10.9 Å². The molecule has 1 heterocycles. The third-order valence-corrected chi connectivity index (χ3v) is 5.23. The Labute approximate surface area is 204 Å². The number of primary amides is 1. The van der Waals surface area contributed by atoms with Crippen molar-refractivity contribution in [1.29, 1.82) is 0 Å². The van der Waals surface area contributed by atoms with Crippen LogP contribution in [-0.2, 0) is 35.2 Å². The summed E-state index contributed by atoms with van der Waals surface area (Å²) in [5.41, 5.74) is 11.9. The third-order valence-electron chi connectivity index (χ3n) is 5.23. The van der Waals surface area contributed by atoms with Crippen LogP contribution in [0.15, 0.2) is 30.5 Å². The number of carbonyl (C=O) groups is 6. The van der Waals surface area contributed by atoms with Gasteiger partial charge >= 0.3 is 11.9 Å². The number of nitrogens with two attached hydrogens (primary N) is 2. The number of fused-ring (bicyclic) bond motifs is 1. The number of aliphatic carboxylic acids is 2. The zero-order valence-corrected chi connectivity index (χ0v) is 19.3. The largest absolute Gasteiger partial charge is 0.481 e. The van der Waals surface area contributed by atoms with Crippen molar-refractivity contribution >= 4 is 46.5 Å². The van der Waals surface area contributed by atoms with E-state index in [0.717, 1.165) is 10.9 Å². The Morgan fingerprint density at radius 2 is 1.53 bits per heavy atom. The number of nitrogens with one attached hydrogen (secondary N) is 4. The maximum Gasteiger partial charge on any atom is 0.325 e. The molecular formula is C22H28N6O8. The summed E-state index contributed by atoms with van der Waals surface area (Å²) in [4.78, 5) is 74.6. The van der Waals surface area contributed by atoms with Crippen molar-refractivity contribution in [2.75, 3.05) is 0 Å². The van der Waals surface area contributed by atoms with Gasteiger partial charge < -0.3 is 42.6 Å². The molecule has 14 heteroatoms. The molecule has 0 aliphatic heterocycles. The summed E-state index contributed by atoms with van der Waals surface area (Å²) >= 11 is 0. The molecule has 1 aromatic carbocycles. The van der Waals surface area contributed by atoms with Crippen molar-refractivity contribution in [1.82, 2.24) is 20.9 Å². The highest BCUT2D eigenvalue weighted by Gasteiger charge is 2.31. The number of hydrogen-bond acceptors (Lipinski definition) is 7. The Morgan fingerprint density at radius 3 is 2.14 bits per heavy atom. The highest BCUT2D eigenvalue weighted by Crippen LogP contribution is 2.19. The predicted molar refractivity (Wildman–Crippen MR) is 125 cm³/mol. The first-order chi connectivity index (χ1) is 16.9. The summed E-state index contributed by atoms with van der Waals surface area (Å²) in [5, 5.41) is 25.9. The van der Waals surface area contributed by atoms with Gasteiger partial charge in [-0.15, -0.1) is 0 Å². The summed E-state index contributed by atoms with van der Waals surface area (Å²) in [6.07, 6.45) is 0.152. The minimum Gasteiger partial charge on any atom is -0.481 e. The highest BCUT2D eigenvalue weighted by molar-refractivity contribution is 5.96. The van der Waals surface area contributed by atoms with Gasteiger partial charge in [0.25, 0.3) is 0 Å². The van der Waals surface area contributed by atoms with Crippen LogP contribution in [0.5, 0.6) is 0 Å². The van der Waals surface area contributed by atoms with Gasteiger partial charge in [-0.2, -0.15) is 0 Å². The number of hydrogen-bond donors (Lipinski definition) is 8. The molecule has 2 aromatic rings. The van der Waals surface area contributed by atoms with Crippen LogP contribution in [0.1, 0.15) is 25.3 Å². The summed E-state index contributed by atoms with van der Waals surface area (Å²) < 4.78 is 0. The van der Waals surface area contributed by atoms with Gasteiger partial charge in [0.1, 0.15) is 18.1 Å². The van der Waals surface area contributed by atoms with E-state index >= 15 is 0 Å². The lowest BCUT2D eigenvalue weighted by Gasteiger charge is -2.24. The molecule has 10 N–H and O–H groups in total. The summed E-state index contributed by atoms with van der Waals surface area (Å²) in [7, 11) is 0. The van der Waals surface area contributed by atoms with E-state index in [1.807, 2.05) is 0 Å². The van der Waals surface area contributed by atoms with Gasteiger partial charge in [-0.1, -0.05) is 18.2 Å². The summed E-state index contributed by atoms with van der Waals surface area (Å²) in [6, 6.07) is 1.47. The lowest BCUT2D eigenvalue weighted by molar-refractivity contribution is -0.143. The van der Waals surface area contributed by atoms with E-state index in [4.69, 9.17) is 16.6 Å². The number of aromatic nitrogens is 1. The van der Waals surface area contributed by atoms with Crippen molar-refractivity contribution in [2.45, 2.75) is 50.4 Å². The van der Waals surface area contributed by atoms with Crippen molar-refractivity contribution < 1.29 is 39.0 Å². The second-order valence-corrected chi connectivity index (χ2v) is 8.13. The zero-order chi connectivity index (χ0) is 27.0. The lowest BCUT2D eigenvalue weighted by atomic mass is 10.0. The molecule has 0 bridgehead atoms. The fourth-order valence-corrected chi connectivity index (χ4v) is 3.35. The number of amides is 4. The molecule has 194 valence electrons. The Hall–Kier alpha value is -4.46. The molecule has 0 saturated carbocycles. The van der Waals surface area contributed by atoms with E-state index in [2.05, 4.69) is 20.9 Å². The molecule has 0 aliphatic carbocycles. The standard InChI is InChI=1S/C22H28N6O8/c1-10(22(35)36)26-20(33)15(6-11-9-25-14-5-3-2-4-12(11)14)28-21(34)16(8-18(30)31)27-19(32)13(23)7-17(24)29/h2-5,9-10,13,15-16,25H,6-8,23H2,1H3,(H2,24,29)(H,26,33)(H,27,32)(H,28,34)(H,30,31)(H,35,36). The van der Waals surface area contributed by atoms with Crippen LogP contribution in [0.4, 0.5) is 0 Å². The van der Waals surface area contributed by atoms with Gasteiger partial charge in [-0.05, 0) is 18.6 Å². The molecule has 0 fully saturated rings. The van der Waals surface area contributed by atoms with Gasteiger partial charge in [0, 0.05) is 23.5 Å². The molecule has 0 spiro atoms. The number of aromatic amines is 1. The van der Waals surface area contributed by atoms with Gasteiger partial charge in [-0.25, -0.2) is 0 Å². The lowest BCUT2D eigenvalue weighted by Crippen LogP contribution is -2.58. The number of rotatable bonds is 13. The van der Waals surface area contributed by atoms with Gasteiger partial charge in [-0.3, -0.25) is 28.8 Å². The molecule has 2 rings (SSSR count). The quantitative estimate of drug-likeness (QED) is 0.149. The molecule has 0 aliphatic rings. The fraction of sp³-hybridized carbons (Fsp3) is 0.364. The Balaban J connectivity index is 2.28. The normalized spacial score (nSPS) is 14.2. The average Bonchev–Trinajstić information content (AvgIpc) is 3.20. The van der Waals surface area contributed by atoms with E-state index in [1.165, 1.54) is 6.92 Å². The molecule has 4 unspecified atom stereocenters. The van der Waals surface area contributed by atoms with Crippen LogP contribution in [0.2, 0.25) is 0 Å². The average molecular weight is 505 g/mol. The Kier molecular flexibility index (Phi) is 9.50. The van der Waals surface area contributed by atoms with Crippen molar-refractivity contribution in [3.05, 3.63) is 36.0 Å². The molecule has 4 atom stereocenters. The van der Waals surface area contributed by atoms with Crippen LogP contribution in [0.3, 0.4) is 0 Å². The summed E-state index contributed by atoms with van der Waals surface area (Å²) in [6.45, 7) is 1.23. The minimum absolute atomic E-state index is 0.0805. The zero-order valence-electron chi connectivity index (χ0n) is 19.3. The van der Waals surface area contributed by atoms with E-state index in [1.54, 1.807) is 30.5 Å². The first kappa shape index (κ1) is 27.8. The molecule has 1 aromatic heterocycles. The van der Waals surface area contributed by atoms with Crippen molar-refractivity contribution in [2.24, 2.45) is 11.5 Å². The smallest absolute Gasteiger partial charge is 0.325 e. The monoisotopic (exact) mass is 504 g/mol. The van der Waals surface area contributed by atoms with E-state index in [9.17, 15) is 33.9 Å². The first-order valence-corrected chi connectivity index (χ1v) is 10.8. The molecule has 36 heavy (non-hydrogen) atoms. The molecule has 14 nitrogen and oxygen atoms in total. The maximum atomic E-state index is 13.0. The van der Waals surface area contributed by atoms with Gasteiger partial charge in [0.15, 0.2) is 0 Å². The SMILES string of the molecule is CC(NC(=O)C(Cc1c[nH]c2ccccc12)NC(=O)C(CC(=O)O)NC(=O)C(N)CC(N)=O)C(=O)O. The van der Waals surface area contributed by atoms with Crippen molar-refractivity contribution in [3.8, 4) is 0 Å². The van der Waals surface area contributed by atoms with E-state index in [-0.39, 0.29) is 6.42 Å². The fourth-order valence-electron chi connectivity index (χ4n) is 3.35. The highest BCUT2D eigenvalue weighted by atomic mass is 16.4. The topological polar surface area (TPSA) is 247 Å². The predicted octanol–water partition coefficient (Wildman–Crippen LogP) is -2.05. The number of H-pyrrole nitrogens is 1. The number of carboxylic acid groups (broad SMARTS) is 2. The van der Waals surface area contributed by atoms with Crippen LogP contribution < -0.4 is 27.4 Å². The second kappa shape index (κ2) is 12.3. The number of benzene rings is 1.